The molecule has 0 saturated carbocycles. The Morgan fingerprint density at radius 3 is 2.34 bits per heavy atom. The van der Waals surface area contributed by atoms with Crippen molar-refractivity contribution in [3.63, 3.8) is 0 Å². The molecule has 1 aliphatic rings. The van der Waals surface area contributed by atoms with Crippen LogP contribution in [0, 0.1) is 13.8 Å². The molecule has 32 heavy (non-hydrogen) atoms. The first-order valence-electron chi connectivity index (χ1n) is 10.2. The van der Waals surface area contributed by atoms with E-state index < -0.39 is 23.8 Å². The van der Waals surface area contributed by atoms with Crippen molar-refractivity contribution in [1.29, 1.82) is 0 Å². The summed E-state index contributed by atoms with van der Waals surface area (Å²) in [5.74, 6) is -0.0954. The zero-order valence-electron chi connectivity index (χ0n) is 18.0. The van der Waals surface area contributed by atoms with Crippen molar-refractivity contribution < 1.29 is 14.4 Å². The van der Waals surface area contributed by atoms with Gasteiger partial charge < -0.3 is 10.6 Å². The summed E-state index contributed by atoms with van der Waals surface area (Å²) in [7, 11) is 0. The van der Waals surface area contributed by atoms with Gasteiger partial charge in [0.05, 0.1) is 16.8 Å². The van der Waals surface area contributed by atoms with E-state index in [4.69, 9.17) is 0 Å². The zero-order chi connectivity index (χ0) is 22.8. The maximum Gasteiger partial charge on any atom is 0.262 e. The molecule has 1 aliphatic heterocycles. The molecule has 3 heterocycles. The van der Waals surface area contributed by atoms with Crippen LogP contribution in [0.5, 0.6) is 0 Å². The quantitative estimate of drug-likeness (QED) is 0.428. The minimum atomic E-state index is -0.918. The van der Waals surface area contributed by atoms with E-state index in [0.717, 1.165) is 16.3 Å². The van der Waals surface area contributed by atoms with Crippen molar-refractivity contribution in [3.05, 3.63) is 65.2 Å². The minimum absolute atomic E-state index is 0.283. The molecule has 3 amide bonds. The number of aryl methyl sites for hydroxylation is 2. The standard InChI is InChI=1S/C22H23N7O3/c1-13-10-14(2)29(27-13)19-11-18(25-12-26-19)23-8-9-24-20(30)15(3)28-21(31)16-6-4-5-7-17(16)22(28)32/h4-7,10-12,15H,8-9H2,1-3H3,(H,24,30)(H,23,25,26)/t15-/m0/s1. The molecular weight excluding hydrogens is 410 g/mol. The molecule has 164 valence electrons. The van der Waals surface area contributed by atoms with Gasteiger partial charge in [-0.25, -0.2) is 14.6 Å². The molecule has 4 rings (SSSR count). The smallest absolute Gasteiger partial charge is 0.262 e. The van der Waals surface area contributed by atoms with Gasteiger partial charge in [0.2, 0.25) is 5.91 Å². The zero-order valence-corrected chi connectivity index (χ0v) is 18.0. The van der Waals surface area contributed by atoms with Gasteiger partial charge in [0.25, 0.3) is 11.8 Å². The number of fused-ring (bicyclic) bond motifs is 1. The third kappa shape index (κ3) is 3.94. The highest BCUT2D eigenvalue weighted by molar-refractivity contribution is 6.22. The molecule has 0 saturated heterocycles. The van der Waals surface area contributed by atoms with Crippen LogP contribution in [0.4, 0.5) is 5.82 Å². The Kier molecular flexibility index (Phi) is 5.67. The van der Waals surface area contributed by atoms with Crippen molar-refractivity contribution >= 4 is 23.5 Å². The van der Waals surface area contributed by atoms with Gasteiger partial charge in [0, 0.05) is 24.8 Å². The topological polar surface area (TPSA) is 122 Å². The lowest BCUT2D eigenvalue weighted by molar-refractivity contribution is -0.124. The lowest BCUT2D eigenvalue weighted by Gasteiger charge is -2.21. The molecule has 0 aliphatic carbocycles. The van der Waals surface area contributed by atoms with Crippen LogP contribution in [-0.2, 0) is 4.79 Å². The molecule has 2 N–H and O–H groups in total. The Morgan fingerprint density at radius 2 is 1.72 bits per heavy atom. The highest BCUT2D eigenvalue weighted by atomic mass is 16.2. The number of carbonyl (C=O) groups is 3. The van der Waals surface area contributed by atoms with E-state index >= 15 is 0 Å². The maximum atomic E-state index is 12.5. The normalized spacial score (nSPS) is 13.8. The minimum Gasteiger partial charge on any atom is -0.368 e. The molecular formula is C22H23N7O3. The van der Waals surface area contributed by atoms with Crippen LogP contribution < -0.4 is 10.6 Å². The number of nitrogens with one attached hydrogen (secondary N) is 2. The number of imide groups is 1. The highest BCUT2D eigenvalue weighted by Crippen LogP contribution is 2.24. The lowest BCUT2D eigenvalue weighted by Crippen LogP contribution is -2.48. The van der Waals surface area contributed by atoms with E-state index in [9.17, 15) is 14.4 Å². The van der Waals surface area contributed by atoms with Crippen molar-refractivity contribution in [3.8, 4) is 5.82 Å². The van der Waals surface area contributed by atoms with Crippen molar-refractivity contribution in [2.45, 2.75) is 26.8 Å². The first-order valence-corrected chi connectivity index (χ1v) is 10.2. The molecule has 1 aromatic carbocycles. The maximum absolute atomic E-state index is 12.5. The number of anilines is 1. The number of benzene rings is 1. The van der Waals surface area contributed by atoms with Crippen LogP contribution >= 0.6 is 0 Å². The van der Waals surface area contributed by atoms with Crippen molar-refractivity contribution in [2.24, 2.45) is 0 Å². The van der Waals surface area contributed by atoms with Gasteiger partial charge in [-0.2, -0.15) is 5.10 Å². The fourth-order valence-electron chi connectivity index (χ4n) is 3.62. The second-order valence-corrected chi connectivity index (χ2v) is 7.52. The number of amides is 3. The molecule has 1 atom stereocenters. The largest absolute Gasteiger partial charge is 0.368 e. The Balaban J connectivity index is 1.31. The summed E-state index contributed by atoms with van der Waals surface area (Å²) in [4.78, 5) is 47.0. The van der Waals surface area contributed by atoms with Gasteiger partial charge in [-0.3, -0.25) is 19.3 Å². The first-order chi connectivity index (χ1) is 15.4. The summed E-state index contributed by atoms with van der Waals surface area (Å²) in [6, 6.07) is 9.37. The number of rotatable bonds is 7. The number of hydrogen-bond donors (Lipinski definition) is 2. The molecule has 0 radical (unpaired) electrons. The summed E-state index contributed by atoms with van der Waals surface area (Å²) in [6.45, 7) is 6.07. The van der Waals surface area contributed by atoms with E-state index in [1.165, 1.54) is 13.3 Å². The van der Waals surface area contributed by atoms with Gasteiger partial charge in [-0.15, -0.1) is 0 Å². The molecule has 10 heteroatoms. The molecule has 0 bridgehead atoms. The second kappa shape index (κ2) is 8.58. The summed E-state index contributed by atoms with van der Waals surface area (Å²) in [6.07, 6.45) is 1.44. The summed E-state index contributed by atoms with van der Waals surface area (Å²) >= 11 is 0. The van der Waals surface area contributed by atoms with E-state index in [0.29, 0.717) is 29.3 Å². The molecule has 3 aromatic rings. The SMILES string of the molecule is Cc1cc(C)n(-c2cc(NCCNC(=O)[C@H](C)N3C(=O)c4ccccc4C3=O)ncn2)n1. The predicted octanol–water partition coefficient (Wildman–Crippen LogP) is 1.49. The monoisotopic (exact) mass is 433 g/mol. The summed E-state index contributed by atoms with van der Waals surface area (Å²) in [5, 5.41) is 10.3. The van der Waals surface area contributed by atoms with Crippen LogP contribution in [-0.4, -0.2) is 61.5 Å². The molecule has 0 fully saturated rings. The van der Waals surface area contributed by atoms with Crippen LogP contribution in [0.3, 0.4) is 0 Å². The highest BCUT2D eigenvalue weighted by Gasteiger charge is 2.40. The summed E-state index contributed by atoms with van der Waals surface area (Å²) in [5.41, 5.74) is 2.49. The van der Waals surface area contributed by atoms with Gasteiger partial charge >= 0.3 is 0 Å². The number of carbonyl (C=O) groups excluding carboxylic acids is 3. The first kappa shape index (κ1) is 21.2. The second-order valence-electron chi connectivity index (χ2n) is 7.52. The average molecular weight is 433 g/mol. The molecule has 2 aromatic heterocycles. The number of nitrogens with zero attached hydrogens (tertiary/aromatic N) is 5. The Labute approximate surface area is 184 Å². The van der Waals surface area contributed by atoms with Gasteiger partial charge in [0.1, 0.15) is 18.2 Å². The summed E-state index contributed by atoms with van der Waals surface area (Å²) < 4.78 is 1.73. The van der Waals surface area contributed by atoms with Crippen LogP contribution in [0.15, 0.2) is 42.7 Å². The third-order valence-electron chi connectivity index (χ3n) is 5.20. The fraction of sp³-hybridized carbons (Fsp3) is 0.273. The van der Waals surface area contributed by atoms with E-state index in [1.807, 2.05) is 19.9 Å². The van der Waals surface area contributed by atoms with Crippen LogP contribution in [0.1, 0.15) is 39.0 Å². The Morgan fingerprint density at radius 1 is 1.03 bits per heavy atom. The average Bonchev–Trinajstić information content (AvgIpc) is 3.26. The molecule has 0 spiro atoms. The van der Waals surface area contributed by atoms with Gasteiger partial charge in [-0.05, 0) is 39.0 Å². The van der Waals surface area contributed by atoms with E-state index in [1.54, 1.807) is 35.0 Å². The van der Waals surface area contributed by atoms with Crippen LogP contribution in [0.25, 0.3) is 5.82 Å². The van der Waals surface area contributed by atoms with Crippen molar-refractivity contribution in [1.82, 2.24) is 30.0 Å². The Bertz CT molecular complexity index is 1170. The van der Waals surface area contributed by atoms with E-state index in [-0.39, 0.29) is 6.54 Å². The number of hydrogen-bond acceptors (Lipinski definition) is 7. The molecule has 0 unspecified atom stereocenters. The van der Waals surface area contributed by atoms with E-state index in [2.05, 4.69) is 25.7 Å². The fourth-order valence-corrected chi connectivity index (χ4v) is 3.62. The van der Waals surface area contributed by atoms with Crippen molar-refractivity contribution in [2.75, 3.05) is 18.4 Å². The van der Waals surface area contributed by atoms with Gasteiger partial charge in [0.15, 0.2) is 5.82 Å². The third-order valence-corrected chi connectivity index (χ3v) is 5.20. The predicted molar refractivity (Wildman–Crippen MR) is 117 cm³/mol. The molecule has 10 nitrogen and oxygen atoms in total. The van der Waals surface area contributed by atoms with Gasteiger partial charge in [-0.1, -0.05) is 12.1 Å². The van der Waals surface area contributed by atoms with Crippen LogP contribution in [0.2, 0.25) is 0 Å². The lowest BCUT2D eigenvalue weighted by atomic mass is 10.1. The number of aromatic nitrogens is 4. The Hall–Kier alpha value is -4.08.